The Morgan fingerprint density at radius 1 is 0.774 bits per heavy atom. The SMILES string of the molecule is CCCCCCOc1cccc(NC(=O)c2cccc(OCCc3ccccc3)c2)c1. The summed E-state index contributed by atoms with van der Waals surface area (Å²) >= 11 is 0. The minimum absolute atomic E-state index is 0.173. The molecule has 3 aromatic carbocycles. The molecule has 31 heavy (non-hydrogen) atoms. The maximum absolute atomic E-state index is 12.7. The minimum Gasteiger partial charge on any atom is -0.494 e. The van der Waals surface area contributed by atoms with Crippen molar-refractivity contribution in [1.29, 1.82) is 0 Å². The Morgan fingerprint density at radius 3 is 2.32 bits per heavy atom. The van der Waals surface area contributed by atoms with Crippen LogP contribution in [0.15, 0.2) is 78.9 Å². The minimum atomic E-state index is -0.173. The maximum Gasteiger partial charge on any atom is 0.255 e. The second kappa shape index (κ2) is 12.4. The number of carbonyl (C=O) groups excluding carboxylic acids is 1. The van der Waals surface area contributed by atoms with Gasteiger partial charge in [-0.15, -0.1) is 0 Å². The molecule has 0 aliphatic heterocycles. The number of hydrogen-bond acceptors (Lipinski definition) is 3. The summed E-state index contributed by atoms with van der Waals surface area (Å²) in [6.07, 6.45) is 5.48. The summed E-state index contributed by atoms with van der Waals surface area (Å²) in [5.74, 6) is 1.29. The number of carbonyl (C=O) groups is 1. The molecule has 0 radical (unpaired) electrons. The first-order valence-electron chi connectivity index (χ1n) is 11.1. The molecule has 0 saturated heterocycles. The molecule has 1 amide bonds. The van der Waals surface area contributed by atoms with Crippen molar-refractivity contribution in [3.8, 4) is 11.5 Å². The van der Waals surface area contributed by atoms with Crippen LogP contribution in [0, 0.1) is 0 Å². The van der Waals surface area contributed by atoms with Crippen molar-refractivity contribution in [1.82, 2.24) is 0 Å². The van der Waals surface area contributed by atoms with Gasteiger partial charge in [0.2, 0.25) is 0 Å². The van der Waals surface area contributed by atoms with Crippen molar-refractivity contribution >= 4 is 11.6 Å². The normalized spacial score (nSPS) is 10.5. The highest BCUT2D eigenvalue weighted by atomic mass is 16.5. The van der Waals surface area contributed by atoms with Gasteiger partial charge in [0.1, 0.15) is 11.5 Å². The van der Waals surface area contributed by atoms with Crippen LogP contribution in [0.2, 0.25) is 0 Å². The van der Waals surface area contributed by atoms with E-state index >= 15 is 0 Å². The molecule has 4 heteroatoms. The molecule has 0 unspecified atom stereocenters. The summed E-state index contributed by atoms with van der Waals surface area (Å²) in [5, 5.41) is 2.94. The van der Waals surface area contributed by atoms with Gasteiger partial charge >= 0.3 is 0 Å². The van der Waals surface area contributed by atoms with Gasteiger partial charge in [-0.2, -0.15) is 0 Å². The van der Waals surface area contributed by atoms with Crippen molar-refractivity contribution < 1.29 is 14.3 Å². The molecule has 3 aromatic rings. The van der Waals surface area contributed by atoms with Gasteiger partial charge in [-0.1, -0.05) is 68.7 Å². The topological polar surface area (TPSA) is 47.6 Å². The zero-order chi connectivity index (χ0) is 21.7. The molecule has 0 aliphatic rings. The van der Waals surface area contributed by atoms with Crippen LogP contribution in [0.5, 0.6) is 11.5 Å². The van der Waals surface area contributed by atoms with Crippen LogP contribution in [0.4, 0.5) is 5.69 Å². The van der Waals surface area contributed by atoms with Crippen LogP contribution >= 0.6 is 0 Å². The van der Waals surface area contributed by atoms with E-state index in [4.69, 9.17) is 9.47 Å². The highest BCUT2D eigenvalue weighted by Crippen LogP contribution is 2.20. The van der Waals surface area contributed by atoms with Crippen LogP contribution < -0.4 is 14.8 Å². The highest BCUT2D eigenvalue weighted by Gasteiger charge is 2.08. The number of nitrogens with one attached hydrogen (secondary N) is 1. The molecule has 3 rings (SSSR count). The Labute approximate surface area is 185 Å². The number of amides is 1. The fourth-order valence-electron chi connectivity index (χ4n) is 3.24. The Kier molecular flexibility index (Phi) is 8.99. The van der Waals surface area contributed by atoms with Gasteiger partial charge in [-0.05, 0) is 42.3 Å². The van der Waals surface area contributed by atoms with E-state index in [0.717, 1.165) is 18.6 Å². The first-order chi connectivity index (χ1) is 15.2. The van der Waals surface area contributed by atoms with Crippen LogP contribution in [-0.4, -0.2) is 19.1 Å². The fourth-order valence-corrected chi connectivity index (χ4v) is 3.24. The Hall–Kier alpha value is -3.27. The largest absolute Gasteiger partial charge is 0.494 e. The van der Waals surface area contributed by atoms with Crippen LogP contribution in [-0.2, 0) is 6.42 Å². The molecule has 162 valence electrons. The Morgan fingerprint density at radius 2 is 1.52 bits per heavy atom. The van der Waals surface area contributed by atoms with Gasteiger partial charge in [0.05, 0.1) is 13.2 Å². The van der Waals surface area contributed by atoms with Gasteiger partial charge in [0.15, 0.2) is 0 Å². The Balaban J connectivity index is 1.51. The van der Waals surface area contributed by atoms with Crippen LogP contribution in [0.1, 0.15) is 48.5 Å². The summed E-state index contributed by atoms with van der Waals surface area (Å²) < 4.78 is 11.7. The molecule has 4 nitrogen and oxygen atoms in total. The molecule has 0 spiro atoms. The van der Waals surface area contributed by atoms with Crippen LogP contribution in [0.25, 0.3) is 0 Å². The number of benzene rings is 3. The van der Waals surface area contributed by atoms with Gasteiger partial charge in [0, 0.05) is 23.7 Å². The first kappa shape index (κ1) is 22.4. The van der Waals surface area contributed by atoms with E-state index < -0.39 is 0 Å². The lowest BCUT2D eigenvalue weighted by Gasteiger charge is -2.11. The van der Waals surface area contributed by atoms with E-state index in [1.54, 1.807) is 12.1 Å². The molecule has 0 bridgehead atoms. The van der Waals surface area contributed by atoms with Crippen molar-refractivity contribution in [3.63, 3.8) is 0 Å². The fraction of sp³-hybridized carbons (Fsp3) is 0.296. The van der Waals surface area contributed by atoms with Crippen LogP contribution in [0.3, 0.4) is 0 Å². The maximum atomic E-state index is 12.7. The summed E-state index contributed by atoms with van der Waals surface area (Å²) in [6.45, 7) is 3.45. The first-order valence-corrected chi connectivity index (χ1v) is 11.1. The van der Waals surface area contributed by atoms with E-state index in [-0.39, 0.29) is 5.91 Å². The second-order valence-corrected chi connectivity index (χ2v) is 7.50. The van der Waals surface area contributed by atoms with E-state index in [0.29, 0.717) is 30.2 Å². The second-order valence-electron chi connectivity index (χ2n) is 7.50. The van der Waals surface area contributed by atoms with E-state index in [1.807, 2.05) is 54.6 Å². The molecule has 1 N–H and O–H groups in total. The molecule has 0 fully saturated rings. The van der Waals surface area contributed by atoms with E-state index in [1.165, 1.54) is 24.8 Å². The molecule has 0 aromatic heterocycles. The highest BCUT2D eigenvalue weighted by molar-refractivity contribution is 6.04. The van der Waals surface area contributed by atoms with E-state index in [2.05, 4.69) is 24.4 Å². The lowest BCUT2D eigenvalue weighted by atomic mass is 10.1. The Bertz CT molecular complexity index is 940. The van der Waals surface area contributed by atoms with Gasteiger partial charge in [0.25, 0.3) is 5.91 Å². The third kappa shape index (κ3) is 7.82. The summed E-state index contributed by atoms with van der Waals surface area (Å²) in [7, 11) is 0. The number of ether oxygens (including phenoxy) is 2. The number of rotatable bonds is 12. The smallest absolute Gasteiger partial charge is 0.255 e. The van der Waals surface area contributed by atoms with Crippen molar-refractivity contribution in [2.75, 3.05) is 18.5 Å². The summed E-state index contributed by atoms with van der Waals surface area (Å²) in [4.78, 5) is 12.7. The standard InChI is InChI=1S/C27H31NO3/c1-2-3-4-8-18-30-26-16-10-14-24(21-26)28-27(29)23-13-9-15-25(20-23)31-19-17-22-11-6-5-7-12-22/h5-7,9-16,20-21H,2-4,8,17-19H2,1H3,(H,28,29). The van der Waals surface area contributed by atoms with Gasteiger partial charge in [-0.3, -0.25) is 4.79 Å². The lowest BCUT2D eigenvalue weighted by Crippen LogP contribution is -2.12. The van der Waals surface area contributed by atoms with E-state index in [9.17, 15) is 4.79 Å². The summed E-state index contributed by atoms with van der Waals surface area (Å²) in [6, 6.07) is 25.0. The number of anilines is 1. The average molecular weight is 418 g/mol. The number of hydrogen-bond donors (Lipinski definition) is 1. The third-order valence-corrected chi connectivity index (χ3v) is 4.96. The molecule has 0 atom stereocenters. The monoisotopic (exact) mass is 417 g/mol. The van der Waals surface area contributed by atoms with Gasteiger partial charge in [-0.25, -0.2) is 0 Å². The van der Waals surface area contributed by atoms with Crippen molar-refractivity contribution in [3.05, 3.63) is 90.0 Å². The molecule has 0 heterocycles. The zero-order valence-electron chi connectivity index (χ0n) is 18.2. The predicted molar refractivity (Wildman–Crippen MR) is 126 cm³/mol. The lowest BCUT2D eigenvalue weighted by molar-refractivity contribution is 0.102. The molecular formula is C27H31NO3. The average Bonchev–Trinajstić information content (AvgIpc) is 2.80. The quantitative estimate of drug-likeness (QED) is 0.341. The third-order valence-electron chi connectivity index (χ3n) is 4.96. The van der Waals surface area contributed by atoms with Crippen molar-refractivity contribution in [2.45, 2.75) is 39.0 Å². The molecular weight excluding hydrogens is 386 g/mol. The van der Waals surface area contributed by atoms with Gasteiger partial charge < -0.3 is 14.8 Å². The predicted octanol–water partition coefficient (Wildman–Crippen LogP) is 6.52. The zero-order valence-corrected chi connectivity index (χ0v) is 18.2. The van der Waals surface area contributed by atoms with Crippen molar-refractivity contribution in [2.24, 2.45) is 0 Å². The molecule has 0 saturated carbocycles. The summed E-state index contributed by atoms with van der Waals surface area (Å²) in [5.41, 5.74) is 2.50. The number of unbranched alkanes of at least 4 members (excludes halogenated alkanes) is 3. The molecule has 0 aliphatic carbocycles.